The maximum atomic E-state index is 10.9. The summed E-state index contributed by atoms with van der Waals surface area (Å²) in [6.45, 7) is 3.48. The highest BCUT2D eigenvalue weighted by Crippen LogP contribution is 2.29. The van der Waals surface area contributed by atoms with Gasteiger partial charge >= 0.3 is 0 Å². The number of hydrogen-bond donors (Lipinski definition) is 2. The SMILES string of the molecule is C=CCc1cccc(Cl)c1OCC(=O)NN. The monoisotopic (exact) mass is 240 g/mol. The minimum Gasteiger partial charge on any atom is -0.482 e. The molecule has 0 aliphatic rings. The van der Waals surface area contributed by atoms with Crippen LogP contribution in [-0.4, -0.2) is 12.5 Å². The third kappa shape index (κ3) is 3.25. The summed E-state index contributed by atoms with van der Waals surface area (Å²) >= 11 is 5.97. The number of rotatable bonds is 5. The van der Waals surface area contributed by atoms with E-state index in [-0.39, 0.29) is 6.61 Å². The predicted octanol–water partition coefficient (Wildman–Crippen LogP) is 1.44. The lowest BCUT2D eigenvalue weighted by atomic mass is 10.1. The van der Waals surface area contributed by atoms with Gasteiger partial charge in [0.2, 0.25) is 0 Å². The predicted molar refractivity (Wildman–Crippen MR) is 63.2 cm³/mol. The van der Waals surface area contributed by atoms with Crippen LogP contribution in [0.5, 0.6) is 5.75 Å². The number of nitrogens with two attached hydrogens (primary N) is 1. The van der Waals surface area contributed by atoms with Crippen LogP contribution in [0, 0.1) is 0 Å². The first-order valence-electron chi connectivity index (χ1n) is 4.69. The first-order chi connectivity index (χ1) is 7.69. The first kappa shape index (κ1) is 12.5. The van der Waals surface area contributed by atoms with E-state index in [9.17, 15) is 4.79 Å². The van der Waals surface area contributed by atoms with Gasteiger partial charge in [-0.05, 0) is 18.1 Å². The number of carbonyl (C=O) groups is 1. The highest BCUT2D eigenvalue weighted by atomic mass is 35.5. The van der Waals surface area contributed by atoms with Gasteiger partial charge in [-0.15, -0.1) is 6.58 Å². The molecule has 1 rings (SSSR count). The van der Waals surface area contributed by atoms with Gasteiger partial charge in [0.05, 0.1) is 5.02 Å². The Balaban J connectivity index is 2.83. The third-order valence-electron chi connectivity index (χ3n) is 1.92. The van der Waals surface area contributed by atoms with E-state index in [0.29, 0.717) is 17.2 Å². The quantitative estimate of drug-likeness (QED) is 0.354. The standard InChI is InChI=1S/C11H13ClN2O2/c1-2-4-8-5-3-6-9(12)11(8)16-7-10(15)14-13/h2-3,5-6H,1,4,7,13H2,(H,14,15). The van der Waals surface area contributed by atoms with Crippen LogP contribution >= 0.6 is 11.6 Å². The number of ether oxygens (including phenoxy) is 1. The Kier molecular flexibility index (Phi) is 4.82. The molecule has 16 heavy (non-hydrogen) atoms. The van der Waals surface area contributed by atoms with Gasteiger partial charge < -0.3 is 4.74 Å². The van der Waals surface area contributed by atoms with Crippen molar-refractivity contribution in [1.82, 2.24) is 5.43 Å². The molecule has 0 atom stereocenters. The van der Waals surface area contributed by atoms with Crippen LogP contribution in [-0.2, 0) is 11.2 Å². The minimum atomic E-state index is -0.413. The second-order valence-electron chi connectivity index (χ2n) is 3.08. The van der Waals surface area contributed by atoms with Crippen LogP contribution in [0.2, 0.25) is 5.02 Å². The molecular weight excluding hydrogens is 228 g/mol. The van der Waals surface area contributed by atoms with Crippen LogP contribution in [0.15, 0.2) is 30.9 Å². The molecule has 0 fully saturated rings. The maximum absolute atomic E-state index is 10.9. The minimum absolute atomic E-state index is 0.162. The summed E-state index contributed by atoms with van der Waals surface area (Å²) < 4.78 is 5.30. The van der Waals surface area contributed by atoms with Crippen LogP contribution < -0.4 is 16.0 Å². The Labute approximate surface area is 99.0 Å². The molecule has 0 saturated carbocycles. The second kappa shape index (κ2) is 6.15. The number of benzene rings is 1. The smallest absolute Gasteiger partial charge is 0.271 e. The zero-order valence-electron chi connectivity index (χ0n) is 8.70. The van der Waals surface area contributed by atoms with Crippen molar-refractivity contribution in [2.75, 3.05) is 6.61 Å². The number of carbonyl (C=O) groups excluding carboxylic acids is 1. The number of halogens is 1. The Morgan fingerprint density at radius 1 is 1.62 bits per heavy atom. The Morgan fingerprint density at radius 2 is 2.38 bits per heavy atom. The summed E-state index contributed by atoms with van der Waals surface area (Å²) in [6.07, 6.45) is 2.36. The number of allylic oxidation sites excluding steroid dienone is 1. The second-order valence-corrected chi connectivity index (χ2v) is 3.48. The summed E-state index contributed by atoms with van der Waals surface area (Å²) in [5, 5.41) is 0.462. The highest BCUT2D eigenvalue weighted by Gasteiger charge is 2.09. The van der Waals surface area contributed by atoms with Gasteiger partial charge in [-0.2, -0.15) is 0 Å². The summed E-state index contributed by atoms with van der Waals surface area (Å²) in [5.74, 6) is 5.02. The van der Waals surface area contributed by atoms with Gasteiger partial charge in [0.15, 0.2) is 6.61 Å². The molecule has 3 N–H and O–H groups in total. The lowest BCUT2D eigenvalue weighted by Gasteiger charge is -2.11. The maximum Gasteiger partial charge on any atom is 0.271 e. The van der Waals surface area contributed by atoms with E-state index in [4.69, 9.17) is 22.2 Å². The molecule has 4 nitrogen and oxygen atoms in total. The summed E-state index contributed by atoms with van der Waals surface area (Å²) in [4.78, 5) is 10.9. The van der Waals surface area contributed by atoms with E-state index < -0.39 is 5.91 Å². The highest BCUT2D eigenvalue weighted by molar-refractivity contribution is 6.32. The van der Waals surface area contributed by atoms with E-state index >= 15 is 0 Å². The first-order valence-corrected chi connectivity index (χ1v) is 5.07. The van der Waals surface area contributed by atoms with E-state index in [1.54, 1.807) is 12.1 Å². The van der Waals surface area contributed by atoms with Gasteiger partial charge in [0, 0.05) is 0 Å². The molecule has 0 radical (unpaired) electrons. The molecule has 0 aromatic heterocycles. The van der Waals surface area contributed by atoms with Crippen molar-refractivity contribution in [1.29, 1.82) is 0 Å². The molecule has 5 heteroatoms. The van der Waals surface area contributed by atoms with Gasteiger partial charge in [0.1, 0.15) is 5.75 Å². The zero-order valence-corrected chi connectivity index (χ0v) is 9.46. The van der Waals surface area contributed by atoms with Crippen molar-refractivity contribution in [3.05, 3.63) is 41.4 Å². The van der Waals surface area contributed by atoms with Crippen LogP contribution in [0.3, 0.4) is 0 Å². The molecule has 0 aliphatic heterocycles. The normalized spacial score (nSPS) is 9.62. The van der Waals surface area contributed by atoms with Crippen LogP contribution in [0.25, 0.3) is 0 Å². The average Bonchev–Trinajstić information content (AvgIpc) is 2.28. The molecule has 0 spiro atoms. The molecular formula is C11H13ClN2O2. The molecule has 0 saturated heterocycles. The van der Waals surface area contributed by atoms with E-state index in [1.165, 1.54) is 0 Å². The summed E-state index contributed by atoms with van der Waals surface area (Å²) in [6, 6.07) is 5.38. The van der Waals surface area contributed by atoms with Crippen LogP contribution in [0.1, 0.15) is 5.56 Å². The number of hydrazine groups is 1. The average molecular weight is 241 g/mol. The Hall–Kier alpha value is -1.52. The molecule has 0 heterocycles. The van der Waals surface area contributed by atoms with E-state index in [0.717, 1.165) is 5.56 Å². The number of amides is 1. The molecule has 0 unspecified atom stereocenters. The van der Waals surface area contributed by atoms with E-state index in [2.05, 4.69) is 6.58 Å². The topological polar surface area (TPSA) is 64.3 Å². The molecule has 86 valence electrons. The lowest BCUT2D eigenvalue weighted by Crippen LogP contribution is -2.34. The summed E-state index contributed by atoms with van der Waals surface area (Å²) in [5.41, 5.74) is 2.86. The molecule has 1 aromatic rings. The number of nitrogens with one attached hydrogen (secondary N) is 1. The largest absolute Gasteiger partial charge is 0.482 e. The fourth-order valence-corrected chi connectivity index (χ4v) is 1.46. The van der Waals surface area contributed by atoms with Gasteiger partial charge in [-0.1, -0.05) is 29.8 Å². The lowest BCUT2D eigenvalue weighted by molar-refractivity contribution is -0.123. The van der Waals surface area contributed by atoms with Crippen molar-refractivity contribution < 1.29 is 9.53 Å². The third-order valence-corrected chi connectivity index (χ3v) is 2.22. The van der Waals surface area contributed by atoms with Gasteiger partial charge in [0.25, 0.3) is 5.91 Å². The summed E-state index contributed by atoms with van der Waals surface area (Å²) in [7, 11) is 0. The van der Waals surface area contributed by atoms with Crippen LogP contribution in [0.4, 0.5) is 0 Å². The van der Waals surface area contributed by atoms with Crippen molar-refractivity contribution >= 4 is 17.5 Å². The Morgan fingerprint density at radius 3 is 3.00 bits per heavy atom. The van der Waals surface area contributed by atoms with Crippen molar-refractivity contribution in [3.8, 4) is 5.75 Å². The number of hydrogen-bond acceptors (Lipinski definition) is 3. The fraction of sp³-hybridized carbons (Fsp3) is 0.182. The zero-order chi connectivity index (χ0) is 12.0. The van der Waals surface area contributed by atoms with Crippen molar-refractivity contribution in [2.45, 2.75) is 6.42 Å². The molecule has 1 aromatic carbocycles. The fourth-order valence-electron chi connectivity index (χ4n) is 1.21. The molecule has 0 bridgehead atoms. The van der Waals surface area contributed by atoms with Gasteiger partial charge in [-0.25, -0.2) is 5.84 Å². The molecule has 1 amide bonds. The molecule has 0 aliphatic carbocycles. The number of para-hydroxylation sites is 1. The Bertz CT molecular complexity index is 394. The van der Waals surface area contributed by atoms with Crippen molar-refractivity contribution in [2.24, 2.45) is 5.84 Å². The van der Waals surface area contributed by atoms with Gasteiger partial charge in [-0.3, -0.25) is 10.2 Å². The van der Waals surface area contributed by atoms with Crippen molar-refractivity contribution in [3.63, 3.8) is 0 Å². The van der Waals surface area contributed by atoms with E-state index in [1.807, 2.05) is 17.6 Å².